The third-order valence-corrected chi connectivity index (χ3v) is 6.63. The predicted octanol–water partition coefficient (Wildman–Crippen LogP) is 4.65. The van der Waals surface area contributed by atoms with Crippen LogP contribution in [0.15, 0.2) is 39.1 Å². The van der Waals surface area contributed by atoms with Crippen molar-refractivity contribution in [2.45, 2.75) is 46.5 Å². The lowest BCUT2D eigenvalue weighted by Crippen LogP contribution is -2.39. The lowest BCUT2D eigenvalue weighted by atomic mass is 9.68. The average Bonchev–Trinajstić information content (AvgIpc) is 2.74. The Morgan fingerprint density at radius 2 is 1.82 bits per heavy atom. The first-order valence-electron chi connectivity index (χ1n) is 11.0. The number of esters is 1. The van der Waals surface area contributed by atoms with E-state index in [2.05, 4.69) is 35.1 Å². The summed E-state index contributed by atoms with van der Waals surface area (Å²) in [5.74, 6) is 0.0114. The molecule has 8 heteroatoms. The third kappa shape index (κ3) is 5.27. The fraction of sp³-hybridized carbons (Fsp3) is 0.520. The molecule has 0 saturated carbocycles. The van der Waals surface area contributed by atoms with E-state index in [1.165, 1.54) is 0 Å². The maximum Gasteiger partial charge on any atom is 0.336 e. The molecule has 0 amide bonds. The first-order valence-corrected chi connectivity index (χ1v) is 11.8. The molecule has 0 radical (unpaired) electrons. The van der Waals surface area contributed by atoms with Crippen LogP contribution in [0.4, 0.5) is 0 Å². The highest BCUT2D eigenvalue weighted by Crippen LogP contribution is 2.49. The quantitative estimate of drug-likeness (QED) is 0.393. The van der Waals surface area contributed by atoms with Gasteiger partial charge in [-0.1, -0.05) is 29.8 Å². The molecule has 0 fully saturated rings. The van der Waals surface area contributed by atoms with Gasteiger partial charge in [0.2, 0.25) is 0 Å². The number of hydrogen-bond acceptors (Lipinski definition) is 7. The number of dihydropyridines is 1. The van der Waals surface area contributed by atoms with Gasteiger partial charge in [-0.05, 0) is 43.4 Å². The second-order valence-corrected chi connectivity index (χ2v) is 9.85. The normalized spacial score (nSPS) is 19.7. The molecule has 0 bridgehead atoms. The molecule has 1 heterocycles. The Morgan fingerprint density at radius 3 is 2.45 bits per heavy atom. The van der Waals surface area contributed by atoms with Gasteiger partial charge in [0.1, 0.15) is 6.61 Å². The fourth-order valence-corrected chi connectivity index (χ4v) is 5.08. The van der Waals surface area contributed by atoms with E-state index < -0.39 is 11.9 Å². The lowest BCUT2D eigenvalue weighted by molar-refractivity contribution is -0.140. The average molecular weight is 522 g/mol. The number of rotatable bonds is 8. The van der Waals surface area contributed by atoms with Gasteiger partial charge in [-0.15, -0.1) is 0 Å². The van der Waals surface area contributed by atoms with E-state index in [1.54, 1.807) is 20.3 Å². The van der Waals surface area contributed by atoms with E-state index >= 15 is 0 Å². The minimum Gasteiger partial charge on any atom is -0.493 e. The van der Waals surface area contributed by atoms with Crippen molar-refractivity contribution < 1.29 is 28.5 Å². The molecule has 3 rings (SSSR count). The Bertz CT molecular complexity index is 1010. The standard InChI is InChI=1S/C25H32BrNO6/c1-7-32-8-9-33-24(29)21-14(2)27-17-12-25(3,4)13-18(28)23(17)22(21)15-10-19(30-5)20(31-6)11-16(15)26/h10-11,22,27H,7-9,12-13H2,1-6H3/t22-/m1/s1. The summed E-state index contributed by atoms with van der Waals surface area (Å²) < 4.78 is 22.5. The SMILES string of the molecule is CCOCCOC(=O)C1=C(C)NC2=C(C(=O)CC(C)(C)C2)[C@@H]1c1cc(OC)c(OC)cc1Br. The molecule has 33 heavy (non-hydrogen) atoms. The van der Waals surface area contributed by atoms with Crippen LogP contribution in [0.5, 0.6) is 11.5 Å². The molecule has 1 aromatic carbocycles. The van der Waals surface area contributed by atoms with Crippen LogP contribution in [0.1, 0.15) is 52.0 Å². The second kappa shape index (κ2) is 10.3. The van der Waals surface area contributed by atoms with Crippen molar-refractivity contribution in [3.05, 3.63) is 44.7 Å². The molecule has 1 aliphatic heterocycles. The van der Waals surface area contributed by atoms with E-state index in [1.807, 2.05) is 19.9 Å². The Hall–Kier alpha value is -2.32. The summed E-state index contributed by atoms with van der Waals surface area (Å²) >= 11 is 3.63. The van der Waals surface area contributed by atoms with Crippen LogP contribution in [0.2, 0.25) is 0 Å². The Balaban J connectivity index is 2.14. The molecule has 180 valence electrons. The van der Waals surface area contributed by atoms with Crippen LogP contribution in [0.25, 0.3) is 0 Å². The fourth-order valence-electron chi connectivity index (χ4n) is 4.52. The second-order valence-electron chi connectivity index (χ2n) is 8.99. The van der Waals surface area contributed by atoms with Gasteiger partial charge in [0, 0.05) is 40.4 Å². The van der Waals surface area contributed by atoms with E-state index in [0.29, 0.717) is 58.9 Å². The number of nitrogens with one attached hydrogen (secondary N) is 1. The molecule has 0 saturated heterocycles. The minimum atomic E-state index is -0.598. The Morgan fingerprint density at radius 1 is 1.15 bits per heavy atom. The van der Waals surface area contributed by atoms with Gasteiger partial charge >= 0.3 is 5.97 Å². The molecule has 7 nitrogen and oxygen atoms in total. The molecule has 0 unspecified atom stereocenters. The number of benzene rings is 1. The van der Waals surface area contributed by atoms with Crippen molar-refractivity contribution in [1.82, 2.24) is 5.32 Å². The van der Waals surface area contributed by atoms with E-state index in [0.717, 1.165) is 11.3 Å². The van der Waals surface area contributed by atoms with Crippen molar-refractivity contribution >= 4 is 27.7 Å². The van der Waals surface area contributed by atoms with Gasteiger partial charge in [0.15, 0.2) is 17.3 Å². The monoisotopic (exact) mass is 521 g/mol. The molecular weight excluding hydrogens is 490 g/mol. The summed E-state index contributed by atoms with van der Waals surface area (Å²) in [5, 5.41) is 3.34. The van der Waals surface area contributed by atoms with Crippen LogP contribution in [0.3, 0.4) is 0 Å². The Kier molecular flexibility index (Phi) is 7.90. The Labute approximate surface area is 203 Å². The molecule has 1 aromatic rings. The number of halogens is 1. The molecular formula is C25H32BrNO6. The first kappa shape index (κ1) is 25.3. The van der Waals surface area contributed by atoms with Crippen LogP contribution in [-0.2, 0) is 19.1 Å². The summed E-state index contributed by atoms with van der Waals surface area (Å²) in [7, 11) is 3.12. The van der Waals surface area contributed by atoms with Gasteiger partial charge in [-0.3, -0.25) is 4.79 Å². The van der Waals surface area contributed by atoms with Crippen molar-refractivity contribution in [3.8, 4) is 11.5 Å². The van der Waals surface area contributed by atoms with Crippen LogP contribution < -0.4 is 14.8 Å². The zero-order valence-electron chi connectivity index (χ0n) is 20.1. The molecule has 1 atom stereocenters. The van der Waals surface area contributed by atoms with Gasteiger partial charge in [-0.2, -0.15) is 0 Å². The van der Waals surface area contributed by atoms with Gasteiger partial charge in [0.05, 0.1) is 26.4 Å². The van der Waals surface area contributed by atoms with Crippen LogP contribution in [-0.4, -0.2) is 45.8 Å². The zero-order valence-corrected chi connectivity index (χ0v) is 21.7. The number of ketones is 1. The van der Waals surface area contributed by atoms with E-state index in [-0.39, 0.29) is 17.8 Å². The van der Waals surface area contributed by atoms with Gasteiger partial charge in [0.25, 0.3) is 0 Å². The third-order valence-electron chi connectivity index (χ3n) is 5.94. The number of allylic oxidation sites excluding steroid dienone is 3. The van der Waals surface area contributed by atoms with Crippen molar-refractivity contribution in [2.75, 3.05) is 34.0 Å². The predicted molar refractivity (Wildman–Crippen MR) is 128 cm³/mol. The van der Waals surface area contributed by atoms with E-state index in [4.69, 9.17) is 18.9 Å². The van der Waals surface area contributed by atoms with E-state index in [9.17, 15) is 9.59 Å². The maximum absolute atomic E-state index is 13.4. The number of carbonyl (C=O) groups is 2. The van der Waals surface area contributed by atoms with Gasteiger partial charge < -0.3 is 24.3 Å². The number of carbonyl (C=O) groups excluding carboxylic acids is 2. The van der Waals surface area contributed by atoms with Gasteiger partial charge in [-0.25, -0.2) is 4.79 Å². The topological polar surface area (TPSA) is 83.1 Å². The number of ether oxygens (including phenoxy) is 4. The van der Waals surface area contributed by atoms with Crippen LogP contribution in [0, 0.1) is 5.41 Å². The minimum absolute atomic E-state index is 0.0209. The molecule has 0 aromatic heterocycles. The molecule has 0 spiro atoms. The highest BCUT2D eigenvalue weighted by Gasteiger charge is 2.44. The number of methoxy groups -OCH3 is 2. The zero-order chi connectivity index (χ0) is 24.3. The smallest absolute Gasteiger partial charge is 0.336 e. The molecule has 1 N–H and O–H groups in total. The number of hydrogen-bond donors (Lipinski definition) is 1. The van der Waals surface area contributed by atoms with Crippen LogP contribution >= 0.6 is 15.9 Å². The number of Topliss-reactive ketones (excluding diaryl/α,β-unsaturated/α-hetero) is 1. The first-order chi connectivity index (χ1) is 15.6. The lowest BCUT2D eigenvalue weighted by Gasteiger charge is -2.39. The summed E-state index contributed by atoms with van der Waals surface area (Å²) in [6, 6.07) is 3.61. The summed E-state index contributed by atoms with van der Waals surface area (Å²) in [4.78, 5) is 26.7. The van der Waals surface area contributed by atoms with Crippen molar-refractivity contribution in [2.24, 2.45) is 5.41 Å². The maximum atomic E-state index is 13.4. The summed E-state index contributed by atoms with van der Waals surface area (Å²) in [6.07, 6.45) is 1.11. The van der Waals surface area contributed by atoms with Crippen molar-refractivity contribution in [3.63, 3.8) is 0 Å². The molecule has 1 aliphatic carbocycles. The highest BCUT2D eigenvalue weighted by atomic mass is 79.9. The highest BCUT2D eigenvalue weighted by molar-refractivity contribution is 9.10. The summed E-state index contributed by atoms with van der Waals surface area (Å²) in [5.41, 5.74) is 3.11. The molecule has 2 aliphatic rings. The largest absolute Gasteiger partial charge is 0.493 e. The summed E-state index contributed by atoms with van der Waals surface area (Å²) in [6.45, 7) is 8.88. The van der Waals surface area contributed by atoms with Crippen molar-refractivity contribution in [1.29, 1.82) is 0 Å².